The van der Waals surface area contributed by atoms with Gasteiger partial charge in [-0.2, -0.15) is 0 Å². The third-order valence-corrected chi connectivity index (χ3v) is 14.6. The number of rotatable bonds is 4. The summed E-state index contributed by atoms with van der Waals surface area (Å²) in [6.07, 6.45) is 3.86. The van der Waals surface area contributed by atoms with Gasteiger partial charge in [0, 0.05) is 0 Å². The molecule has 0 aromatic carbocycles. The van der Waals surface area contributed by atoms with Crippen LogP contribution >= 0.6 is 0 Å². The molecule has 3 N–H and O–H groups in total. The Morgan fingerprint density at radius 3 is 2.86 bits per heavy atom. The average Bonchev–Trinajstić information content (AvgIpc) is 2.56. The van der Waals surface area contributed by atoms with Gasteiger partial charge in [-0.15, -0.1) is 0 Å². The van der Waals surface area contributed by atoms with Crippen molar-refractivity contribution in [2.75, 3.05) is 26.2 Å². The van der Waals surface area contributed by atoms with E-state index in [9.17, 15) is 4.79 Å². The number of hydrogen-bond acceptors (Lipinski definition) is 4. The van der Waals surface area contributed by atoms with E-state index in [1.165, 1.54) is 13.3 Å². The first kappa shape index (κ1) is 15.9. The molecule has 0 saturated carbocycles. The summed E-state index contributed by atoms with van der Waals surface area (Å²) >= 11 is -2.06. The fourth-order valence-corrected chi connectivity index (χ4v) is 14.1. The number of nitrogens with two attached hydrogens (primary N) is 1. The van der Waals surface area contributed by atoms with Crippen LogP contribution < -0.4 is 11.1 Å². The van der Waals surface area contributed by atoms with Crippen LogP contribution in [-0.2, 0) is 8.97 Å². The second-order valence-corrected chi connectivity index (χ2v) is 14.4. The van der Waals surface area contributed by atoms with Crippen LogP contribution in [0.2, 0.25) is 4.18 Å². The first-order valence-corrected chi connectivity index (χ1v) is 14.4. The van der Waals surface area contributed by atoms with E-state index in [0.29, 0.717) is 0 Å². The topological polar surface area (TPSA) is 71.2 Å². The molecule has 1 amide bonds. The average molecular weight is 402 g/mol. The molecule has 0 bridgehead atoms. The molecule has 6 heteroatoms. The molecule has 3 rings (SSSR count). The van der Waals surface area contributed by atoms with E-state index in [1.807, 2.05) is 12.3 Å². The zero-order valence-electron chi connectivity index (χ0n) is 12.9. The Hall–Kier alpha value is -1.01. The SMILES string of the molecule is NC(=O)C1=[C](N2CCNCC2)[In]([CH2]c2ccccn2)[CH2]CC1. The van der Waals surface area contributed by atoms with Crippen molar-refractivity contribution in [2.24, 2.45) is 5.73 Å². The fourth-order valence-electron chi connectivity index (χ4n) is 3.61. The van der Waals surface area contributed by atoms with Crippen LogP contribution in [0.1, 0.15) is 18.5 Å². The molecule has 2 aliphatic heterocycles. The first-order chi connectivity index (χ1) is 10.8. The van der Waals surface area contributed by atoms with Gasteiger partial charge in [0.15, 0.2) is 0 Å². The Kier molecular flexibility index (Phi) is 5.41. The molecule has 1 fully saturated rings. The van der Waals surface area contributed by atoms with E-state index in [0.717, 1.165) is 48.8 Å². The third-order valence-electron chi connectivity index (χ3n) is 4.61. The van der Waals surface area contributed by atoms with Gasteiger partial charge in [0.1, 0.15) is 0 Å². The van der Waals surface area contributed by atoms with Gasteiger partial charge in [-0.25, -0.2) is 0 Å². The Morgan fingerprint density at radius 2 is 2.18 bits per heavy atom. The van der Waals surface area contributed by atoms with Crippen LogP contribution in [0.5, 0.6) is 0 Å². The standard InChI is InChI=1S/C10H17N3O.C6H6N.In/c1-2-3-9(10(11)14)8-13-6-4-12-5-7-13;1-6-4-2-3-5-7-6;/h12H,1-7H2,(H2,11,14);2-5H,1H2;. The number of aromatic nitrogens is 1. The first-order valence-electron chi connectivity index (χ1n) is 8.14. The number of hydrogen-bond donors (Lipinski definition) is 2. The molecule has 0 atom stereocenters. The van der Waals surface area contributed by atoms with Crippen molar-refractivity contribution >= 4 is 27.3 Å². The summed E-state index contributed by atoms with van der Waals surface area (Å²) in [5, 5.41) is 3.39. The summed E-state index contributed by atoms with van der Waals surface area (Å²) in [5.41, 5.74) is 7.82. The van der Waals surface area contributed by atoms with Crippen LogP contribution in [0.4, 0.5) is 0 Å². The van der Waals surface area contributed by atoms with Crippen molar-refractivity contribution in [2.45, 2.75) is 21.2 Å². The maximum atomic E-state index is 11.9. The number of nitrogens with one attached hydrogen (secondary N) is 1. The number of amides is 1. The monoisotopic (exact) mass is 402 g/mol. The van der Waals surface area contributed by atoms with Crippen LogP contribution in [0.15, 0.2) is 33.4 Å². The Morgan fingerprint density at radius 1 is 1.36 bits per heavy atom. The van der Waals surface area contributed by atoms with Crippen molar-refractivity contribution in [1.82, 2.24) is 15.2 Å². The van der Waals surface area contributed by atoms with Crippen molar-refractivity contribution in [3.8, 4) is 0 Å². The zero-order chi connectivity index (χ0) is 15.4. The molecule has 1 aromatic heterocycles. The maximum absolute atomic E-state index is 11.9. The van der Waals surface area contributed by atoms with Crippen LogP contribution in [0.25, 0.3) is 0 Å². The molecule has 5 nitrogen and oxygen atoms in total. The molecule has 116 valence electrons. The fraction of sp³-hybridized carbons (Fsp3) is 0.500. The van der Waals surface area contributed by atoms with Crippen molar-refractivity contribution in [3.63, 3.8) is 0 Å². The Labute approximate surface area is 139 Å². The van der Waals surface area contributed by atoms with Gasteiger partial charge in [-0.3, -0.25) is 0 Å². The van der Waals surface area contributed by atoms with E-state index >= 15 is 0 Å². The Bertz CT molecular complexity index is 555. The molecule has 3 heterocycles. The van der Waals surface area contributed by atoms with Gasteiger partial charge in [-0.1, -0.05) is 0 Å². The summed E-state index contributed by atoms with van der Waals surface area (Å²) < 4.78 is 3.81. The third kappa shape index (κ3) is 3.66. The van der Waals surface area contributed by atoms with Crippen LogP contribution in [-0.4, -0.2) is 63.4 Å². The summed E-state index contributed by atoms with van der Waals surface area (Å²) in [4.78, 5) is 18.9. The number of primary amides is 1. The zero-order valence-corrected chi connectivity index (χ0v) is 16.2. The van der Waals surface area contributed by atoms with Crippen molar-refractivity contribution in [1.29, 1.82) is 0 Å². The molecule has 0 aliphatic carbocycles. The molecular weight excluding hydrogens is 379 g/mol. The number of nitrogens with zero attached hydrogens (tertiary/aromatic N) is 2. The number of carbonyl (C=O) groups is 1. The normalized spacial score (nSPS) is 19.5. The minimum atomic E-state index is -2.06. The second kappa shape index (κ2) is 7.51. The summed E-state index contributed by atoms with van der Waals surface area (Å²) in [5.74, 6) is -0.198. The Balaban J connectivity index is 1.89. The molecule has 0 unspecified atom stereocenters. The van der Waals surface area contributed by atoms with E-state index in [2.05, 4.69) is 27.3 Å². The van der Waals surface area contributed by atoms with Crippen molar-refractivity contribution in [3.05, 3.63) is 39.1 Å². The molecule has 1 aromatic rings. The predicted molar refractivity (Wildman–Crippen MR) is 88.4 cm³/mol. The second-order valence-electron chi connectivity index (χ2n) is 6.08. The quantitative estimate of drug-likeness (QED) is 0.776. The van der Waals surface area contributed by atoms with Crippen LogP contribution in [0, 0.1) is 0 Å². The van der Waals surface area contributed by atoms with E-state index in [4.69, 9.17) is 5.73 Å². The molecule has 0 radical (unpaired) electrons. The van der Waals surface area contributed by atoms with Gasteiger partial charge in [0.05, 0.1) is 0 Å². The van der Waals surface area contributed by atoms with E-state index < -0.39 is 21.4 Å². The number of piperazine rings is 1. The number of pyridine rings is 1. The van der Waals surface area contributed by atoms with Crippen molar-refractivity contribution < 1.29 is 4.79 Å². The predicted octanol–water partition coefficient (Wildman–Crippen LogP) is 0.636. The van der Waals surface area contributed by atoms with Gasteiger partial charge in [0.25, 0.3) is 0 Å². The van der Waals surface area contributed by atoms with Gasteiger partial charge in [-0.05, 0) is 0 Å². The summed E-state index contributed by atoms with van der Waals surface area (Å²) in [6.45, 7) is 4.00. The minimum absolute atomic E-state index is 0.198. The van der Waals surface area contributed by atoms with Gasteiger partial charge in [0.2, 0.25) is 0 Å². The molecule has 2 aliphatic rings. The van der Waals surface area contributed by atoms with Crippen LogP contribution in [0.3, 0.4) is 0 Å². The number of carbonyl (C=O) groups excluding carboxylic acids is 1. The summed E-state index contributed by atoms with van der Waals surface area (Å²) in [6, 6.07) is 6.13. The summed E-state index contributed by atoms with van der Waals surface area (Å²) in [7, 11) is 0. The molecule has 0 spiro atoms. The molecular formula is C16H23InN4O. The van der Waals surface area contributed by atoms with E-state index in [1.54, 1.807) is 0 Å². The van der Waals surface area contributed by atoms with Gasteiger partial charge < -0.3 is 0 Å². The molecule has 22 heavy (non-hydrogen) atoms. The van der Waals surface area contributed by atoms with Gasteiger partial charge >= 0.3 is 140 Å². The molecule has 1 saturated heterocycles. The van der Waals surface area contributed by atoms with E-state index in [-0.39, 0.29) is 5.91 Å².